The molecule has 0 saturated heterocycles. The number of furan rings is 1. The maximum absolute atomic E-state index is 6.10. The summed E-state index contributed by atoms with van der Waals surface area (Å²) in [7, 11) is 0. The van der Waals surface area contributed by atoms with Crippen LogP contribution in [0.3, 0.4) is 0 Å². The first-order valence-corrected chi connectivity index (χ1v) is 6.63. The number of benzene rings is 1. The number of nitrogens with zero attached hydrogens (tertiary/aromatic N) is 2. The Labute approximate surface area is 113 Å². The van der Waals surface area contributed by atoms with Crippen LogP contribution in [0.25, 0.3) is 11.0 Å². The van der Waals surface area contributed by atoms with Crippen LogP contribution in [0.5, 0.6) is 0 Å². The molecule has 2 aromatic heterocycles. The maximum atomic E-state index is 6.10. The van der Waals surface area contributed by atoms with Crippen LogP contribution in [0.2, 0.25) is 5.22 Å². The fraction of sp³-hybridized carbons (Fsp3) is 0.167. The van der Waals surface area contributed by atoms with E-state index in [0.717, 1.165) is 26.7 Å². The summed E-state index contributed by atoms with van der Waals surface area (Å²) < 4.78 is 5.49. The molecule has 0 aliphatic carbocycles. The molecule has 0 bridgehead atoms. The van der Waals surface area contributed by atoms with Crippen LogP contribution >= 0.6 is 22.9 Å². The van der Waals surface area contributed by atoms with Crippen molar-refractivity contribution in [2.24, 2.45) is 0 Å². The number of halogens is 1. The number of hydrogen-bond acceptors (Lipinski definition) is 5. The molecule has 0 spiro atoms. The van der Waals surface area contributed by atoms with Gasteiger partial charge >= 0.3 is 0 Å². The van der Waals surface area contributed by atoms with Gasteiger partial charge in [0.05, 0.1) is 0 Å². The monoisotopic (exact) mass is 279 g/mol. The average Bonchev–Trinajstić information content (AvgIpc) is 2.90. The maximum Gasteiger partial charge on any atom is 0.205 e. The Morgan fingerprint density at radius 2 is 2.17 bits per heavy atom. The molecule has 0 fully saturated rings. The number of para-hydroxylation sites is 1. The Kier molecular flexibility index (Phi) is 2.93. The highest BCUT2D eigenvalue weighted by Gasteiger charge is 2.12. The van der Waals surface area contributed by atoms with Crippen LogP contribution in [-0.2, 0) is 6.54 Å². The highest BCUT2D eigenvalue weighted by Crippen LogP contribution is 2.30. The number of hydrogen-bond donors (Lipinski definition) is 1. The van der Waals surface area contributed by atoms with Gasteiger partial charge in [0.1, 0.15) is 10.6 Å². The summed E-state index contributed by atoms with van der Waals surface area (Å²) in [6.07, 6.45) is 0. The summed E-state index contributed by atoms with van der Waals surface area (Å²) >= 11 is 7.61. The van der Waals surface area contributed by atoms with Gasteiger partial charge in [0.2, 0.25) is 5.13 Å². The zero-order chi connectivity index (χ0) is 12.5. The summed E-state index contributed by atoms with van der Waals surface area (Å²) in [5.41, 5.74) is 1.74. The summed E-state index contributed by atoms with van der Waals surface area (Å²) in [5.74, 6) is 0. The molecule has 18 heavy (non-hydrogen) atoms. The lowest BCUT2D eigenvalue weighted by Crippen LogP contribution is -1.98. The van der Waals surface area contributed by atoms with Crippen molar-refractivity contribution in [1.29, 1.82) is 0 Å². The van der Waals surface area contributed by atoms with Crippen molar-refractivity contribution < 1.29 is 4.42 Å². The van der Waals surface area contributed by atoms with Gasteiger partial charge in [-0.1, -0.05) is 29.5 Å². The van der Waals surface area contributed by atoms with Crippen molar-refractivity contribution in [1.82, 2.24) is 10.2 Å². The number of nitrogens with one attached hydrogen (secondary N) is 1. The predicted octanol–water partition coefficient (Wildman–Crippen LogP) is 3.86. The summed E-state index contributed by atoms with van der Waals surface area (Å²) in [6.45, 7) is 2.49. The Morgan fingerprint density at radius 3 is 2.94 bits per heavy atom. The standard InChI is InChI=1S/C12H10ClN3OS/c1-7-15-16-12(18-7)14-6-9-8-4-2-3-5-10(8)17-11(9)13/h2-5H,6H2,1H3,(H,14,16). The van der Waals surface area contributed by atoms with E-state index in [9.17, 15) is 0 Å². The van der Waals surface area contributed by atoms with Crippen molar-refractivity contribution in [2.45, 2.75) is 13.5 Å². The molecule has 0 aliphatic heterocycles. The van der Waals surface area contributed by atoms with Crippen molar-refractivity contribution in [3.05, 3.63) is 40.1 Å². The quantitative estimate of drug-likeness (QED) is 0.791. The second kappa shape index (κ2) is 4.59. The average molecular weight is 280 g/mol. The molecule has 1 N–H and O–H groups in total. The van der Waals surface area contributed by atoms with Crippen LogP contribution in [0.1, 0.15) is 10.6 Å². The lowest BCUT2D eigenvalue weighted by Gasteiger charge is -2.00. The molecule has 1 aromatic carbocycles. The first-order chi connectivity index (χ1) is 8.74. The van der Waals surface area contributed by atoms with Gasteiger partial charge < -0.3 is 9.73 Å². The van der Waals surface area contributed by atoms with Crippen molar-refractivity contribution in [2.75, 3.05) is 5.32 Å². The first kappa shape index (κ1) is 11.5. The van der Waals surface area contributed by atoms with E-state index < -0.39 is 0 Å². The van der Waals surface area contributed by atoms with Crippen LogP contribution in [0.4, 0.5) is 5.13 Å². The summed E-state index contributed by atoms with van der Waals surface area (Å²) in [5, 5.41) is 14.3. The first-order valence-electron chi connectivity index (χ1n) is 5.44. The minimum atomic E-state index is 0.421. The molecule has 0 amide bonds. The van der Waals surface area contributed by atoms with Crippen LogP contribution in [0.15, 0.2) is 28.7 Å². The second-order valence-electron chi connectivity index (χ2n) is 3.83. The smallest absolute Gasteiger partial charge is 0.205 e. The van der Waals surface area contributed by atoms with E-state index in [4.69, 9.17) is 16.0 Å². The van der Waals surface area contributed by atoms with Gasteiger partial charge in [0.15, 0.2) is 5.22 Å². The molecular formula is C12H10ClN3OS. The highest BCUT2D eigenvalue weighted by molar-refractivity contribution is 7.15. The number of anilines is 1. The predicted molar refractivity (Wildman–Crippen MR) is 73.2 cm³/mol. The summed E-state index contributed by atoms with van der Waals surface area (Å²) in [4.78, 5) is 0. The Morgan fingerprint density at radius 1 is 1.33 bits per heavy atom. The van der Waals surface area contributed by atoms with Crippen molar-refractivity contribution in [3.63, 3.8) is 0 Å². The van der Waals surface area contributed by atoms with E-state index in [-0.39, 0.29) is 0 Å². The van der Waals surface area contributed by atoms with Gasteiger partial charge in [-0.15, -0.1) is 10.2 Å². The lowest BCUT2D eigenvalue weighted by molar-refractivity contribution is 0.613. The molecule has 92 valence electrons. The van der Waals surface area contributed by atoms with E-state index in [2.05, 4.69) is 15.5 Å². The van der Waals surface area contributed by atoms with Crippen LogP contribution in [-0.4, -0.2) is 10.2 Å². The minimum Gasteiger partial charge on any atom is -0.444 e. The van der Waals surface area contributed by atoms with Gasteiger partial charge in [0.25, 0.3) is 0 Å². The molecule has 0 aliphatic rings. The van der Waals surface area contributed by atoms with Gasteiger partial charge in [-0.3, -0.25) is 0 Å². The van der Waals surface area contributed by atoms with E-state index in [1.54, 1.807) is 0 Å². The normalized spacial score (nSPS) is 11.0. The van der Waals surface area contributed by atoms with E-state index in [1.165, 1.54) is 11.3 Å². The molecular weight excluding hydrogens is 270 g/mol. The largest absolute Gasteiger partial charge is 0.444 e. The molecule has 0 unspecified atom stereocenters. The topological polar surface area (TPSA) is 51.0 Å². The zero-order valence-electron chi connectivity index (χ0n) is 9.61. The Balaban J connectivity index is 1.88. The van der Waals surface area contributed by atoms with Crippen LogP contribution in [0, 0.1) is 6.92 Å². The molecule has 3 rings (SSSR count). The Hall–Kier alpha value is -1.59. The fourth-order valence-electron chi connectivity index (χ4n) is 1.77. The zero-order valence-corrected chi connectivity index (χ0v) is 11.2. The number of aryl methyl sites for hydroxylation is 1. The molecule has 4 nitrogen and oxygen atoms in total. The third-order valence-corrected chi connectivity index (χ3v) is 3.69. The van der Waals surface area contributed by atoms with Crippen LogP contribution < -0.4 is 5.32 Å². The van der Waals surface area contributed by atoms with Crippen molar-refractivity contribution in [3.8, 4) is 0 Å². The second-order valence-corrected chi connectivity index (χ2v) is 5.36. The molecule has 3 aromatic rings. The summed E-state index contributed by atoms with van der Waals surface area (Å²) in [6, 6.07) is 7.78. The van der Waals surface area contributed by atoms with E-state index in [1.807, 2.05) is 31.2 Å². The molecule has 2 heterocycles. The molecule has 0 atom stereocenters. The number of rotatable bonds is 3. The van der Waals surface area contributed by atoms with E-state index >= 15 is 0 Å². The lowest BCUT2D eigenvalue weighted by atomic mass is 10.2. The number of fused-ring (bicyclic) bond motifs is 1. The molecule has 6 heteroatoms. The van der Waals surface area contributed by atoms with Gasteiger partial charge in [-0.25, -0.2) is 0 Å². The number of aromatic nitrogens is 2. The minimum absolute atomic E-state index is 0.421. The van der Waals surface area contributed by atoms with Crippen molar-refractivity contribution >= 4 is 39.0 Å². The Bertz CT molecular complexity index is 692. The third-order valence-electron chi connectivity index (χ3n) is 2.59. The SMILES string of the molecule is Cc1nnc(NCc2c(Cl)oc3ccccc23)s1. The van der Waals surface area contributed by atoms with E-state index in [0.29, 0.717) is 11.8 Å². The molecule has 0 radical (unpaired) electrons. The van der Waals surface area contributed by atoms with Gasteiger partial charge in [-0.05, 0) is 24.6 Å². The fourth-order valence-corrected chi connectivity index (χ4v) is 2.60. The van der Waals surface area contributed by atoms with Gasteiger partial charge in [0, 0.05) is 17.5 Å². The third kappa shape index (κ3) is 2.07. The molecule has 0 saturated carbocycles. The van der Waals surface area contributed by atoms with Gasteiger partial charge in [-0.2, -0.15) is 0 Å². The highest BCUT2D eigenvalue weighted by atomic mass is 35.5.